The second kappa shape index (κ2) is 7.96. The maximum absolute atomic E-state index is 11.4. The zero-order chi connectivity index (χ0) is 19.7. The van der Waals surface area contributed by atoms with E-state index in [0.717, 1.165) is 11.9 Å². The molecule has 1 unspecified atom stereocenters. The lowest BCUT2D eigenvalue weighted by Gasteiger charge is -2.39. The Morgan fingerprint density at radius 3 is 2.50 bits per heavy atom. The van der Waals surface area contributed by atoms with Crippen molar-refractivity contribution in [1.29, 1.82) is 0 Å². The molecule has 1 aliphatic rings. The van der Waals surface area contributed by atoms with Crippen LogP contribution in [0.4, 0.5) is 0 Å². The molecule has 4 rings (SSSR count). The molecular formula is C24H30N2O2. The smallest absolute Gasteiger partial charge is 0.408 e. The summed E-state index contributed by atoms with van der Waals surface area (Å²) in [6.07, 6.45) is 5.90. The monoisotopic (exact) mass is 378 g/mol. The summed E-state index contributed by atoms with van der Waals surface area (Å²) in [7, 11) is 2.29. The quantitative estimate of drug-likeness (QED) is 0.634. The van der Waals surface area contributed by atoms with Gasteiger partial charge in [-0.05, 0) is 75.3 Å². The van der Waals surface area contributed by atoms with Gasteiger partial charge in [-0.1, -0.05) is 42.8 Å². The highest BCUT2D eigenvalue weighted by molar-refractivity contribution is 5.72. The zero-order valence-corrected chi connectivity index (χ0v) is 17.1. The summed E-state index contributed by atoms with van der Waals surface area (Å²) in [4.78, 5) is 16.7. The Labute approximate surface area is 166 Å². The number of fused-ring (bicyclic) bond motifs is 1. The van der Waals surface area contributed by atoms with Crippen molar-refractivity contribution in [1.82, 2.24) is 9.88 Å². The normalized spacial score (nSPS) is 21.3. The summed E-state index contributed by atoms with van der Waals surface area (Å²) < 4.78 is 5.24. The van der Waals surface area contributed by atoms with E-state index in [1.54, 1.807) is 0 Å². The fraction of sp³-hybridized carbons (Fsp3) is 0.458. The Balaban J connectivity index is 1.43. The highest BCUT2D eigenvalue weighted by Crippen LogP contribution is 2.38. The second-order valence-corrected chi connectivity index (χ2v) is 8.28. The van der Waals surface area contributed by atoms with Gasteiger partial charge in [-0.15, -0.1) is 0 Å². The molecule has 0 amide bonds. The summed E-state index contributed by atoms with van der Waals surface area (Å²) in [5, 5.41) is 0. The van der Waals surface area contributed by atoms with E-state index < -0.39 is 0 Å². The topological polar surface area (TPSA) is 49.2 Å². The van der Waals surface area contributed by atoms with Gasteiger partial charge in [0.15, 0.2) is 5.58 Å². The van der Waals surface area contributed by atoms with Crippen LogP contribution in [0, 0.1) is 6.92 Å². The van der Waals surface area contributed by atoms with Gasteiger partial charge in [0.2, 0.25) is 0 Å². The average Bonchev–Trinajstić information content (AvgIpc) is 3.09. The molecule has 1 aromatic heterocycles. The number of nitrogens with one attached hydrogen (secondary N) is 1. The van der Waals surface area contributed by atoms with Crippen molar-refractivity contribution in [3.05, 3.63) is 69.7 Å². The number of aromatic nitrogens is 1. The molecule has 4 heteroatoms. The third kappa shape index (κ3) is 3.79. The molecule has 1 saturated carbocycles. The van der Waals surface area contributed by atoms with Gasteiger partial charge >= 0.3 is 5.76 Å². The number of hydrogen-bond acceptors (Lipinski definition) is 3. The van der Waals surface area contributed by atoms with Crippen LogP contribution in [0.1, 0.15) is 67.7 Å². The number of aryl methyl sites for hydroxylation is 1. The Morgan fingerprint density at radius 2 is 1.82 bits per heavy atom. The molecule has 148 valence electrons. The minimum absolute atomic E-state index is 0.376. The summed E-state index contributed by atoms with van der Waals surface area (Å²) in [6.45, 7) is 4.43. The lowest BCUT2D eigenvalue weighted by molar-refractivity contribution is 0.128. The molecule has 0 spiro atoms. The summed E-state index contributed by atoms with van der Waals surface area (Å²) in [6, 6.07) is 16.3. The van der Waals surface area contributed by atoms with Gasteiger partial charge < -0.3 is 4.42 Å². The molecule has 1 heterocycles. The molecule has 1 N–H and O–H groups in total. The van der Waals surface area contributed by atoms with Crippen LogP contribution in [0.5, 0.6) is 0 Å². The van der Waals surface area contributed by atoms with Crippen LogP contribution in [0.15, 0.2) is 51.7 Å². The maximum Gasteiger partial charge on any atom is 0.417 e. The molecule has 1 aliphatic carbocycles. The first-order chi connectivity index (χ1) is 13.5. The molecule has 1 atom stereocenters. The molecular weight excluding hydrogens is 348 g/mol. The SMILES string of the molecule is CCC(c1ccc(C)cc1)N(C)C1CCC(c2ccc3[nH]c(=O)oc3c2)CC1. The molecule has 0 radical (unpaired) electrons. The van der Waals surface area contributed by atoms with E-state index in [-0.39, 0.29) is 5.76 Å². The first-order valence-corrected chi connectivity index (χ1v) is 10.5. The van der Waals surface area contributed by atoms with E-state index in [1.165, 1.54) is 42.4 Å². The van der Waals surface area contributed by atoms with Crippen LogP contribution >= 0.6 is 0 Å². The van der Waals surface area contributed by atoms with Crippen LogP contribution in [-0.2, 0) is 0 Å². The van der Waals surface area contributed by atoms with Crippen LogP contribution in [-0.4, -0.2) is 23.0 Å². The number of benzene rings is 2. The summed E-state index contributed by atoms with van der Waals surface area (Å²) in [5.41, 5.74) is 5.49. The minimum atomic E-state index is -0.376. The maximum atomic E-state index is 11.4. The zero-order valence-electron chi connectivity index (χ0n) is 17.1. The number of hydrogen-bond donors (Lipinski definition) is 1. The molecule has 4 nitrogen and oxygen atoms in total. The lowest BCUT2D eigenvalue weighted by atomic mass is 9.80. The number of H-pyrrole nitrogens is 1. The van der Waals surface area contributed by atoms with E-state index in [2.05, 4.69) is 61.1 Å². The van der Waals surface area contributed by atoms with Crippen molar-refractivity contribution in [3.8, 4) is 0 Å². The first kappa shape index (κ1) is 19.0. The number of rotatable bonds is 5. The van der Waals surface area contributed by atoms with Crippen LogP contribution in [0.25, 0.3) is 11.1 Å². The van der Waals surface area contributed by atoms with Crippen molar-refractivity contribution in [3.63, 3.8) is 0 Å². The fourth-order valence-electron chi connectivity index (χ4n) is 4.83. The largest absolute Gasteiger partial charge is 0.417 e. The lowest BCUT2D eigenvalue weighted by Crippen LogP contribution is -2.37. The Hall–Kier alpha value is -2.33. The average molecular weight is 379 g/mol. The van der Waals surface area contributed by atoms with Crippen LogP contribution in [0.3, 0.4) is 0 Å². The van der Waals surface area contributed by atoms with Gasteiger partial charge in [-0.25, -0.2) is 4.79 Å². The summed E-state index contributed by atoms with van der Waals surface area (Å²) in [5.74, 6) is 0.174. The van der Waals surface area contributed by atoms with E-state index in [9.17, 15) is 4.79 Å². The van der Waals surface area contributed by atoms with Crippen molar-refractivity contribution < 1.29 is 4.42 Å². The Morgan fingerprint density at radius 1 is 1.11 bits per heavy atom. The minimum Gasteiger partial charge on any atom is -0.408 e. The van der Waals surface area contributed by atoms with Gasteiger partial charge in [0.05, 0.1) is 5.52 Å². The van der Waals surface area contributed by atoms with Gasteiger partial charge in [0.25, 0.3) is 0 Å². The van der Waals surface area contributed by atoms with E-state index in [0.29, 0.717) is 23.6 Å². The van der Waals surface area contributed by atoms with Gasteiger partial charge in [0.1, 0.15) is 0 Å². The van der Waals surface area contributed by atoms with Gasteiger partial charge in [-0.2, -0.15) is 0 Å². The standard InChI is InChI=1S/C24H30N2O2/c1-4-22(18-7-5-16(2)6-8-18)26(3)20-12-9-17(10-13-20)19-11-14-21-23(15-19)28-24(27)25-21/h5-8,11,14-15,17,20,22H,4,9-10,12-13H2,1-3H3,(H,25,27). The van der Waals surface area contributed by atoms with Gasteiger partial charge in [0, 0.05) is 12.1 Å². The van der Waals surface area contributed by atoms with E-state index in [1.807, 2.05) is 12.1 Å². The van der Waals surface area contributed by atoms with E-state index in [4.69, 9.17) is 4.42 Å². The molecule has 0 saturated heterocycles. The van der Waals surface area contributed by atoms with Crippen molar-refractivity contribution in [2.45, 2.75) is 64.0 Å². The fourth-order valence-corrected chi connectivity index (χ4v) is 4.83. The third-order valence-corrected chi connectivity index (χ3v) is 6.53. The molecule has 3 aromatic rings. The van der Waals surface area contributed by atoms with Crippen molar-refractivity contribution in [2.75, 3.05) is 7.05 Å². The highest BCUT2D eigenvalue weighted by atomic mass is 16.4. The number of aromatic amines is 1. The van der Waals surface area contributed by atoms with Crippen LogP contribution < -0.4 is 5.76 Å². The number of nitrogens with zero attached hydrogens (tertiary/aromatic N) is 1. The molecule has 2 aromatic carbocycles. The van der Waals surface area contributed by atoms with Crippen molar-refractivity contribution >= 4 is 11.1 Å². The number of oxazole rings is 1. The van der Waals surface area contributed by atoms with Gasteiger partial charge in [-0.3, -0.25) is 9.88 Å². The van der Waals surface area contributed by atoms with Crippen molar-refractivity contribution in [2.24, 2.45) is 0 Å². The first-order valence-electron chi connectivity index (χ1n) is 10.5. The van der Waals surface area contributed by atoms with Crippen LogP contribution in [0.2, 0.25) is 0 Å². The molecule has 0 aliphatic heterocycles. The molecule has 28 heavy (non-hydrogen) atoms. The summed E-state index contributed by atoms with van der Waals surface area (Å²) >= 11 is 0. The molecule has 1 fully saturated rings. The molecule has 0 bridgehead atoms. The van der Waals surface area contributed by atoms with E-state index >= 15 is 0 Å². The Bertz CT molecular complexity index is 978. The highest BCUT2D eigenvalue weighted by Gasteiger charge is 2.28. The Kier molecular flexibility index (Phi) is 5.40. The predicted octanol–water partition coefficient (Wildman–Crippen LogP) is 5.54. The third-order valence-electron chi connectivity index (χ3n) is 6.53. The predicted molar refractivity (Wildman–Crippen MR) is 114 cm³/mol. The second-order valence-electron chi connectivity index (χ2n) is 8.28.